The van der Waals surface area contributed by atoms with E-state index in [9.17, 15) is 58.6 Å². The SMILES string of the molecule is C[C@@H]1CN(Cc2cc3c(c(C(F)(F)F)c2)CN(c2cccc(C4(Cc5nnc(-c6nnc(CC7(c8cccc(N9Cc%10c(cc(CN%11CCC(F)(F)[C@H](CO)C%11)cc%10C(F)(F)F)C9=O)c8)COC7)n6C)n5C)COC4)c2)C3=O)C[C@H](C)C1(F)F. The summed E-state index contributed by atoms with van der Waals surface area (Å²) in [6.07, 6.45) is -9.55. The van der Waals surface area contributed by atoms with E-state index in [1.165, 1.54) is 35.8 Å². The predicted octanol–water partition coefficient (Wildman–Crippen LogP) is 9.16. The van der Waals surface area contributed by atoms with Crippen molar-refractivity contribution in [3.05, 3.63) is 140 Å². The van der Waals surface area contributed by atoms with Crippen molar-refractivity contribution in [3.63, 3.8) is 0 Å². The fourth-order valence-electron chi connectivity index (χ4n) is 13.1. The molecule has 3 atom stereocenters. The van der Waals surface area contributed by atoms with Crippen molar-refractivity contribution in [1.82, 2.24) is 39.3 Å². The van der Waals surface area contributed by atoms with Crippen molar-refractivity contribution in [2.45, 2.75) is 94.3 Å². The molecule has 4 saturated heterocycles. The Kier molecular flexibility index (Phi) is 14.2. The number of piperidine rings is 2. The van der Waals surface area contributed by atoms with Crippen molar-refractivity contribution in [1.29, 1.82) is 0 Å². The number of benzene rings is 4. The van der Waals surface area contributed by atoms with Crippen molar-refractivity contribution >= 4 is 23.2 Å². The average Bonchev–Trinajstić information content (AvgIpc) is 1.98. The Morgan fingerprint density at radius 2 is 1.05 bits per heavy atom. The second-order valence-corrected chi connectivity index (χ2v) is 23.9. The molecule has 2 amide bonds. The van der Waals surface area contributed by atoms with Gasteiger partial charge in [-0.2, -0.15) is 26.3 Å². The number of aromatic nitrogens is 6. The molecule has 0 saturated carbocycles. The van der Waals surface area contributed by atoms with E-state index in [0.717, 1.165) is 23.3 Å². The Balaban J connectivity index is 0.746. The molecule has 8 heterocycles. The number of anilines is 2. The van der Waals surface area contributed by atoms with E-state index in [1.54, 1.807) is 69.4 Å². The van der Waals surface area contributed by atoms with Gasteiger partial charge in [-0.05, 0) is 81.9 Å². The van der Waals surface area contributed by atoms with Gasteiger partial charge in [-0.1, -0.05) is 38.1 Å². The van der Waals surface area contributed by atoms with Crippen molar-refractivity contribution < 1.29 is 68.1 Å². The first-order chi connectivity index (χ1) is 39.7. The lowest BCUT2D eigenvalue weighted by atomic mass is 9.75. The molecule has 4 aromatic carbocycles. The molecule has 1 N–H and O–H groups in total. The van der Waals surface area contributed by atoms with E-state index in [1.807, 2.05) is 12.1 Å². The van der Waals surface area contributed by atoms with Gasteiger partial charge in [0.1, 0.15) is 11.6 Å². The first-order valence-electron chi connectivity index (χ1n) is 27.7. The zero-order valence-corrected chi connectivity index (χ0v) is 46.3. The molecule has 84 heavy (non-hydrogen) atoms. The van der Waals surface area contributed by atoms with Crippen LogP contribution in [0.5, 0.6) is 0 Å². The highest BCUT2D eigenvalue weighted by Gasteiger charge is 2.50. The van der Waals surface area contributed by atoms with Gasteiger partial charge in [-0.3, -0.25) is 19.4 Å². The molecule has 2 aromatic heterocycles. The fraction of sp³-hybridized carbons (Fsp3) is 0.492. The van der Waals surface area contributed by atoms with Crippen LogP contribution in [0.25, 0.3) is 11.6 Å². The fourth-order valence-corrected chi connectivity index (χ4v) is 13.1. The Bertz CT molecular complexity index is 3560. The van der Waals surface area contributed by atoms with Crippen LogP contribution in [0.15, 0.2) is 72.8 Å². The number of amides is 2. The summed E-state index contributed by atoms with van der Waals surface area (Å²) in [6.45, 7) is 1.96. The smallest absolute Gasteiger partial charge is 0.396 e. The maximum atomic E-state index is 14.8. The van der Waals surface area contributed by atoms with Crippen LogP contribution in [0.1, 0.15) is 97.1 Å². The molecule has 25 heteroatoms. The first-order valence-corrected chi connectivity index (χ1v) is 27.7. The standard InChI is InChI=1S/C59H60F10N10O5/c1-33-21-77(22-34(2)57(33,62)63)24-36-14-43-45(47(16-36)59(67,68)69)27-79(53(43)82)41-10-6-8-38(18-41)55(31-84-32-55)20-49-71-73-51(75(49)4)50-72-70-48(74(50)3)19-54(29-83-30-54)37-7-5-9-40(17-37)78-26-44-42(52(78)81)13-35(15-46(44)58(64,65)66)23-76-12-11-56(60,61)39(25-76)28-80/h5-10,13-18,33-34,39,80H,11-12,19-32H2,1-4H3/t33-,34+,39-/m0/s1. The summed E-state index contributed by atoms with van der Waals surface area (Å²) in [5.41, 5.74) is -1.20. The number of carbonyl (C=O) groups is 2. The van der Waals surface area contributed by atoms with Crippen molar-refractivity contribution in [2.75, 3.05) is 69.0 Å². The highest BCUT2D eigenvalue weighted by molar-refractivity contribution is 6.11. The number of halogens is 10. The molecule has 12 rings (SSSR count). The molecule has 0 radical (unpaired) electrons. The monoisotopic (exact) mass is 1180 g/mol. The number of aliphatic hydroxyl groups is 1. The molecule has 0 spiro atoms. The van der Waals surface area contributed by atoms with Crippen LogP contribution in [0, 0.1) is 17.8 Å². The lowest BCUT2D eigenvalue weighted by molar-refractivity contribution is -0.140. The molecule has 6 aliphatic heterocycles. The third-order valence-electron chi connectivity index (χ3n) is 18.2. The minimum absolute atomic E-state index is 0.00737. The third kappa shape index (κ3) is 10.0. The Morgan fingerprint density at radius 1 is 0.607 bits per heavy atom. The van der Waals surface area contributed by atoms with Gasteiger partial charge in [0.2, 0.25) is 11.6 Å². The molecule has 0 bridgehead atoms. The number of rotatable bonds is 14. The van der Waals surface area contributed by atoms with E-state index in [-0.39, 0.29) is 112 Å². The number of likely N-dealkylation sites (tertiary alicyclic amines) is 2. The van der Waals surface area contributed by atoms with E-state index < -0.39 is 88.8 Å². The number of nitrogens with zero attached hydrogens (tertiary/aromatic N) is 10. The summed E-state index contributed by atoms with van der Waals surface area (Å²) in [5, 5.41) is 27.8. The van der Waals surface area contributed by atoms with Gasteiger partial charge >= 0.3 is 12.4 Å². The molecule has 0 unspecified atom stereocenters. The molecule has 446 valence electrons. The van der Waals surface area contributed by atoms with Gasteiger partial charge in [0.25, 0.3) is 23.7 Å². The van der Waals surface area contributed by atoms with Gasteiger partial charge in [0, 0.05) is 118 Å². The summed E-state index contributed by atoms with van der Waals surface area (Å²) in [6, 6.07) is 18.9. The summed E-state index contributed by atoms with van der Waals surface area (Å²) in [4.78, 5) is 34.2. The minimum Gasteiger partial charge on any atom is -0.396 e. The number of alkyl halides is 10. The summed E-state index contributed by atoms with van der Waals surface area (Å²) in [5.74, 6) is -8.76. The largest absolute Gasteiger partial charge is 0.416 e. The van der Waals surface area contributed by atoms with Crippen molar-refractivity contribution in [2.24, 2.45) is 31.8 Å². The van der Waals surface area contributed by atoms with Gasteiger partial charge in [-0.15, -0.1) is 20.4 Å². The number of hydrogen-bond acceptors (Lipinski definition) is 11. The van der Waals surface area contributed by atoms with Crippen LogP contribution >= 0.6 is 0 Å². The van der Waals surface area contributed by atoms with Crippen LogP contribution in [-0.2, 0) is 85.8 Å². The predicted molar refractivity (Wildman–Crippen MR) is 284 cm³/mol. The van der Waals surface area contributed by atoms with E-state index in [4.69, 9.17) is 9.47 Å². The van der Waals surface area contributed by atoms with E-state index in [2.05, 4.69) is 20.4 Å². The van der Waals surface area contributed by atoms with Crippen LogP contribution in [0.3, 0.4) is 0 Å². The third-order valence-corrected chi connectivity index (χ3v) is 18.2. The summed E-state index contributed by atoms with van der Waals surface area (Å²) in [7, 11) is 3.56. The quantitative estimate of drug-likeness (QED) is 0.104. The molecule has 6 aliphatic rings. The van der Waals surface area contributed by atoms with E-state index in [0.29, 0.717) is 47.5 Å². The Labute approximate surface area is 476 Å². The Hall–Kier alpha value is -6.80. The van der Waals surface area contributed by atoms with Gasteiger partial charge in [0.05, 0.1) is 63.2 Å². The molecule has 6 aromatic rings. The lowest BCUT2D eigenvalue weighted by Gasteiger charge is -2.42. The zero-order valence-electron chi connectivity index (χ0n) is 46.3. The minimum atomic E-state index is -4.82. The Morgan fingerprint density at radius 3 is 1.45 bits per heavy atom. The highest BCUT2D eigenvalue weighted by atomic mass is 19.4. The highest BCUT2D eigenvalue weighted by Crippen LogP contribution is 2.46. The van der Waals surface area contributed by atoms with Crippen LogP contribution in [0.4, 0.5) is 55.3 Å². The zero-order chi connectivity index (χ0) is 59.6. The average molecular weight is 1180 g/mol. The van der Waals surface area contributed by atoms with Gasteiger partial charge < -0.3 is 33.5 Å². The molecular formula is C59H60F10N10O5. The number of aliphatic hydroxyl groups excluding tert-OH is 1. The van der Waals surface area contributed by atoms with Gasteiger partial charge in [-0.25, -0.2) is 17.6 Å². The maximum absolute atomic E-state index is 14.8. The number of hydrogen-bond donors (Lipinski definition) is 1. The number of ether oxygens (including phenoxy) is 2. The lowest BCUT2D eigenvalue weighted by Crippen LogP contribution is -2.51. The molecule has 0 aliphatic carbocycles. The summed E-state index contributed by atoms with van der Waals surface area (Å²) < 4.78 is 162. The van der Waals surface area contributed by atoms with Crippen LogP contribution in [-0.4, -0.2) is 127 Å². The topological polar surface area (TPSA) is 147 Å². The molecule has 15 nitrogen and oxygen atoms in total. The normalized spacial score (nSPS) is 23.0. The maximum Gasteiger partial charge on any atom is 0.416 e. The molecule has 4 fully saturated rings. The van der Waals surface area contributed by atoms with E-state index >= 15 is 0 Å². The van der Waals surface area contributed by atoms with Crippen molar-refractivity contribution in [3.8, 4) is 11.6 Å². The second kappa shape index (κ2) is 20.7. The number of carbonyl (C=O) groups excluding carboxylic acids is 2. The van der Waals surface area contributed by atoms with Crippen LogP contribution < -0.4 is 9.80 Å². The molecular weight excluding hydrogens is 1120 g/mol. The second-order valence-electron chi connectivity index (χ2n) is 23.9. The first kappa shape index (κ1) is 57.6. The summed E-state index contributed by atoms with van der Waals surface area (Å²) >= 11 is 0. The van der Waals surface area contributed by atoms with Crippen LogP contribution in [0.2, 0.25) is 0 Å². The number of fused-ring (bicyclic) bond motifs is 2. The van der Waals surface area contributed by atoms with Gasteiger partial charge in [0.15, 0.2) is 0 Å².